The highest BCUT2D eigenvalue weighted by Crippen LogP contribution is 2.12. The smallest absolute Gasteiger partial charge is 0.102 e. The van der Waals surface area contributed by atoms with E-state index < -0.39 is 0 Å². The molecule has 14 heavy (non-hydrogen) atoms. The fraction of sp³-hybridized carbons (Fsp3) is 0.250. The number of hydrogen-bond acceptors (Lipinski definition) is 1. The van der Waals surface area contributed by atoms with Crippen LogP contribution in [0.5, 0.6) is 0 Å². The van der Waals surface area contributed by atoms with Gasteiger partial charge in [-0.1, -0.05) is 17.7 Å². The van der Waals surface area contributed by atoms with Crippen LogP contribution in [0, 0.1) is 20.8 Å². The molecule has 0 fully saturated rings. The molecule has 2 rings (SSSR count). The van der Waals surface area contributed by atoms with Crippen molar-refractivity contribution in [3.05, 3.63) is 46.5 Å². The molecule has 0 aliphatic carbocycles. The summed E-state index contributed by atoms with van der Waals surface area (Å²) in [5, 5.41) is 0. The van der Waals surface area contributed by atoms with E-state index in [2.05, 4.69) is 55.2 Å². The summed E-state index contributed by atoms with van der Waals surface area (Å²) >= 11 is 1.79. The van der Waals surface area contributed by atoms with Gasteiger partial charge in [-0.05, 0) is 20.8 Å². The van der Waals surface area contributed by atoms with Gasteiger partial charge in [0.25, 0.3) is 0 Å². The van der Waals surface area contributed by atoms with Crippen molar-refractivity contribution in [1.82, 2.24) is 0 Å². The van der Waals surface area contributed by atoms with Crippen molar-refractivity contribution < 1.29 is 3.96 Å². The van der Waals surface area contributed by atoms with Crippen LogP contribution in [-0.4, -0.2) is 0 Å². The van der Waals surface area contributed by atoms with Crippen LogP contribution in [0.2, 0.25) is 0 Å². The summed E-state index contributed by atoms with van der Waals surface area (Å²) in [5.41, 5.74) is 3.91. The van der Waals surface area contributed by atoms with Gasteiger partial charge in [-0.25, -0.2) is 0 Å². The lowest BCUT2D eigenvalue weighted by Gasteiger charge is -1.91. The van der Waals surface area contributed by atoms with Gasteiger partial charge >= 0.3 is 0 Å². The zero-order valence-corrected chi connectivity index (χ0v) is 9.56. The van der Waals surface area contributed by atoms with Crippen LogP contribution in [0.4, 0.5) is 0 Å². The predicted molar refractivity (Wildman–Crippen MR) is 60.1 cm³/mol. The molecule has 72 valence electrons. The third-order valence-corrected chi connectivity index (χ3v) is 3.50. The summed E-state index contributed by atoms with van der Waals surface area (Å²) < 4.78 is 2.21. The molecule has 1 aromatic carbocycles. The maximum absolute atomic E-state index is 2.21. The van der Waals surface area contributed by atoms with E-state index in [1.165, 1.54) is 21.7 Å². The Morgan fingerprint density at radius 3 is 2.14 bits per heavy atom. The fourth-order valence-electron chi connectivity index (χ4n) is 1.33. The van der Waals surface area contributed by atoms with Gasteiger partial charge in [0.15, 0.2) is 6.20 Å². The first-order chi connectivity index (χ1) is 6.66. The average molecular weight is 204 g/mol. The van der Waals surface area contributed by atoms with E-state index in [4.69, 9.17) is 0 Å². The molecule has 0 atom stereocenters. The van der Waals surface area contributed by atoms with Crippen LogP contribution in [-0.2, 0) is 0 Å². The molecule has 0 aliphatic rings. The summed E-state index contributed by atoms with van der Waals surface area (Å²) in [4.78, 5) is 1.38. The average Bonchev–Trinajstić information content (AvgIpc) is 2.48. The van der Waals surface area contributed by atoms with Crippen LogP contribution in [0.15, 0.2) is 30.5 Å². The Kier molecular flexibility index (Phi) is 2.38. The van der Waals surface area contributed by atoms with E-state index in [0.29, 0.717) is 0 Å². The van der Waals surface area contributed by atoms with Gasteiger partial charge in [0.1, 0.15) is 11.5 Å². The molecule has 0 bridgehead atoms. The molecule has 0 saturated heterocycles. The maximum atomic E-state index is 2.21. The topological polar surface area (TPSA) is 3.88 Å². The Balaban J connectivity index is 2.44. The summed E-state index contributed by atoms with van der Waals surface area (Å²) in [6.45, 7) is 6.42. The minimum Gasteiger partial charge on any atom is -0.102 e. The summed E-state index contributed by atoms with van der Waals surface area (Å²) in [6.07, 6.45) is 2.19. The fourth-order valence-corrected chi connectivity index (χ4v) is 2.26. The van der Waals surface area contributed by atoms with Crippen LogP contribution < -0.4 is 3.96 Å². The molecule has 0 radical (unpaired) electrons. The highest BCUT2D eigenvalue weighted by Gasteiger charge is 2.11. The van der Waals surface area contributed by atoms with Gasteiger partial charge < -0.3 is 0 Å². The molecule has 2 aromatic rings. The predicted octanol–water partition coefficient (Wildman–Crippen LogP) is 2.95. The lowest BCUT2D eigenvalue weighted by molar-refractivity contribution is -0.520. The van der Waals surface area contributed by atoms with E-state index in [-0.39, 0.29) is 0 Å². The lowest BCUT2D eigenvalue weighted by atomic mass is 10.2. The zero-order chi connectivity index (χ0) is 10.1. The molecule has 0 unspecified atom stereocenters. The largest absolute Gasteiger partial charge is 0.224 e. The van der Waals surface area contributed by atoms with E-state index in [1.54, 1.807) is 11.5 Å². The molecule has 0 spiro atoms. The van der Waals surface area contributed by atoms with Crippen molar-refractivity contribution >= 4 is 11.5 Å². The molecular weight excluding hydrogens is 190 g/mol. The maximum Gasteiger partial charge on any atom is 0.224 e. The lowest BCUT2D eigenvalue weighted by Crippen LogP contribution is -2.23. The summed E-state index contributed by atoms with van der Waals surface area (Å²) in [5.74, 6) is 0. The standard InChI is InChI=1S/C12H14NS/c1-9-4-6-12(7-5-9)13-8-10(2)11(3)14-13/h4-8H,1-3H3/q+1. The first-order valence-corrected chi connectivity index (χ1v) is 5.50. The molecule has 0 amide bonds. The molecule has 0 aliphatic heterocycles. The molecule has 0 N–H and O–H groups in total. The number of aryl methyl sites for hydroxylation is 3. The van der Waals surface area contributed by atoms with Gasteiger partial charge in [0.2, 0.25) is 5.69 Å². The SMILES string of the molecule is Cc1ccc(-[n+]2cc(C)c(C)s2)cc1. The van der Waals surface area contributed by atoms with Crippen LogP contribution in [0.25, 0.3) is 5.69 Å². The molecular formula is C12H14NS+. The Labute approximate surface area is 88.8 Å². The normalized spacial score (nSPS) is 10.5. The van der Waals surface area contributed by atoms with E-state index >= 15 is 0 Å². The minimum absolute atomic E-state index is 1.25. The van der Waals surface area contributed by atoms with Gasteiger partial charge in [-0.3, -0.25) is 0 Å². The summed E-state index contributed by atoms with van der Waals surface area (Å²) in [6, 6.07) is 8.61. The van der Waals surface area contributed by atoms with Gasteiger partial charge in [-0.2, -0.15) is 0 Å². The van der Waals surface area contributed by atoms with Gasteiger partial charge in [-0.15, -0.1) is 3.96 Å². The monoisotopic (exact) mass is 204 g/mol. The second kappa shape index (κ2) is 3.54. The Morgan fingerprint density at radius 1 is 1.00 bits per heavy atom. The van der Waals surface area contributed by atoms with Crippen molar-refractivity contribution in [2.75, 3.05) is 0 Å². The van der Waals surface area contributed by atoms with Crippen molar-refractivity contribution in [2.45, 2.75) is 20.8 Å². The summed E-state index contributed by atoms with van der Waals surface area (Å²) in [7, 11) is 0. The van der Waals surface area contributed by atoms with E-state index in [9.17, 15) is 0 Å². The van der Waals surface area contributed by atoms with Crippen LogP contribution in [0.1, 0.15) is 16.0 Å². The van der Waals surface area contributed by atoms with Crippen molar-refractivity contribution in [3.8, 4) is 5.69 Å². The minimum atomic E-state index is 1.25. The highest BCUT2D eigenvalue weighted by molar-refractivity contribution is 7.02. The third kappa shape index (κ3) is 1.70. The molecule has 1 aromatic heterocycles. The molecule has 0 saturated carbocycles. The van der Waals surface area contributed by atoms with E-state index in [0.717, 1.165) is 0 Å². The second-order valence-electron chi connectivity index (χ2n) is 3.62. The Hall–Kier alpha value is -1.15. The Morgan fingerprint density at radius 2 is 1.64 bits per heavy atom. The van der Waals surface area contributed by atoms with Crippen LogP contribution >= 0.6 is 11.5 Å². The first-order valence-electron chi connectivity index (χ1n) is 4.73. The van der Waals surface area contributed by atoms with Gasteiger partial charge in [0.05, 0.1) is 4.88 Å². The molecule has 2 heteroatoms. The number of hydrogen-bond donors (Lipinski definition) is 0. The molecule has 1 nitrogen and oxygen atoms in total. The third-order valence-electron chi connectivity index (χ3n) is 2.39. The van der Waals surface area contributed by atoms with Crippen molar-refractivity contribution in [1.29, 1.82) is 0 Å². The van der Waals surface area contributed by atoms with Crippen LogP contribution in [0.3, 0.4) is 0 Å². The number of nitrogens with zero attached hydrogens (tertiary/aromatic N) is 1. The number of benzene rings is 1. The van der Waals surface area contributed by atoms with E-state index in [1.807, 2.05) is 0 Å². The molecule has 1 heterocycles. The quantitative estimate of drug-likeness (QED) is 0.629. The van der Waals surface area contributed by atoms with Gasteiger partial charge in [0, 0.05) is 17.7 Å². The highest BCUT2D eigenvalue weighted by atomic mass is 32.1. The van der Waals surface area contributed by atoms with Crippen molar-refractivity contribution in [2.24, 2.45) is 0 Å². The second-order valence-corrected chi connectivity index (χ2v) is 4.81. The number of rotatable bonds is 1. The van der Waals surface area contributed by atoms with Crippen molar-refractivity contribution in [3.63, 3.8) is 0 Å². The first kappa shape index (κ1) is 9.41. The Bertz CT molecular complexity index is 420. The zero-order valence-electron chi connectivity index (χ0n) is 8.74. The number of aromatic nitrogens is 1.